The van der Waals surface area contributed by atoms with Gasteiger partial charge in [-0.05, 0) is 49.2 Å². The summed E-state index contributed by atoms with van der Waals surface area (Å²) in [5, 5.41) is 3.53. The van der Waals surface area contributed by atoms with Crippen LogP contribution in [0.15, 0.2) is 41.3 Å². The number of hydrogen-bond donors (Lipinski definition) is 1. The molecule has 10 heteroatoms. The van der Waals surface area contributed by atoms with Gasteiger partial charge < -0.3 is 5.32 Å². The summed E-state index contributed by atoms with van der Waals surface area (Å²) in [5.74, 6) is -1.14. The summed E-state index contributed by atoms with van der Waals surface area (Å²) < 4.78 is 39.6. The Labute approximate surface area is 177 Å². The van der Waals surface area contributed by atoms with Gasteiger partial charge in [0, 0.05) is 19.0 Å². The van der Waals surface area contributed by atoms with Crippen LogP contribution in [0.3, 0.4) is 0 Å². The zero-order valence-corrected chi connectivity index (χ0v) is 17.5. The second-order valence-corrected chi connectivity index (χ2v) is 9.53. The lowest BCUT2D eigenvalue weighted by atomic mass is 9.97. The van der Waals surface area contributed by atoms with Crippen LogP contribution in [0.2, 0.25) is 15.1 Å². The summed E-state index contributed by atoms with van der Waals surface area (Å²) in [4.78, 5) is 12.6. The lowest BCUT2D eigenvalue weighted by molar-refractivity contribution is -0.120. The number of nitrogens with zero attached hydrogens (tertiary/aromatic N) is 1. The van der Waals surface area contributed by atoms with Crippen molar-refractivity contribution in [3.8, 4) is 0 Å². The number of rotatable bonds is 4. The monoisotopic (exact) mass is 464 g/mol. The molecule has 1 N–H and O–H groups in total. The molecule has 1 aliphatic heterocycles. The molecule has 0 saturated carbocycles. The molecule has 0 unspecified atom stereocenters. The van der Waals surface area contributed by atoms with Crippen molar-refractivity contribution < 1.29 is 17.6 Å². The van der Waals surface area contributed by atoms with Crippen molar-refractivity contribution >= 4 is 56.4 Å². The predicted octanol–water partition coefficient (Wildman–Crippen LogP) is 4.83. The zero-order chi connectivity index (χ0) is 20.5. The Bertz CT molecular complexity index is 992. The molecule has 0 bridgehead atoms. The van der Waals surface area contributed by atoms with Crippen molar-refractivity contribution in [1.29, 1.82) is 0 Å². The first-order valence-corrected chi connectivity index (χ1v) is 11.0. The van der Waals surface area contributed by atoms with Crippen molar-refractivity contribution in [3.63, 3.8) is 0 Å². The fourth-order valence-corrected chi connectivity index (χ4v) is 5.03. The summed E-state index contributed by atoms with van der Waals surface area (Å²) in [7, 11) is -3.72. The van der Waals surface area contributed by atoms with Crippen LogP contribution in [-0.2, 0) is 14.8 Å². The average Bonchev–Trinajstić information content (AvgIpc) is 2.66. The van der Waals surface area contributed by atoms with Crippen LogP contribution < -0.4 is 5.32 Å². The van der Waals surface area contributed by atoms with Gasteiger partial charge in [0.2, 0.25) is 15.9 Å². The maximum absolute atomic E-state index is 13.0. The van der Waals surface area contributed by atoms with Gasteiger partial charge in [0.05, 0.1) is 25.7 Å². The number of halogens is 4. The van der Waals surface area contributed by atoms with E-state index in [1.807, 2.05) is 0 Å². The summed E-state index contributed by atoms with van der Waals surface area (Å²) in [5.41, 5.74) is 0.349. The molecule has 3 rings (SSSR count). The molecule has 0 aliphatic carbocycles. The molecule has 0 atom stereocenters. The van der Waals surface area contributed by atoms with Crippen LogP contribution in [0.5, 0.6) is 0 Å². The van der Waals surface area contributed by atoms with Gasteiger partial charge in [-0.15, -0.1) is 0 Å². The molecule has 1 amide bonds. The summed E-state index contributed by atoms with van der Waals surface area (Å²) in [6, 6.07) is 7.59. The van der Waals surface area contributed by atoms with Crippen molar-refractivity contribution in [2.45, 2.75) is 17.7 Å². The van der Waals surface area contributed by atoms with Crippen LogP contribution in [0.25, 0.3) is 0 Å². The number of anilines is 1. The highest BCUT2D eigenvalue weighted by Crippen LogP contribution is 2.33. The van der Waals surface area contributed by atoms with Gasteiger partial charge in [-0.2, -0.15) is 4.31 Å². The van der Waals surface area contributed by atoms with E-state index in [0.717, 1.165) is 12.1 Å². The number of nitrogens with one attached hydrogen (secondary N) is 1. The molecule has 0 radical (unpaired) electrons. The number of hydrogen-bond acceptors (Lipinski definition) is 3. The summed E-state index contributed by atoms with van der Waals surface area (Å²) in [6.07, 6.45) is 0.705. The molecule has 0 spiro atoms. The topological polar surface area (TPSA) is 66.5 Å². The first kappa shape index (κ1) is 21.3. The lowest BCUT2D eigenvalue weighted by Crippen LogP contribution is -2.41. The molecular weight excluding hydrogens is 450 g/mol. The fourth-order valence-electron chi connectivity index (χ4n) is 2.97. The third kappa shape index (κ3) is 4.60. The van der Waals surface area contributed by atoms with Crippen molar-refractivity contribution in [1.82, 2.24) is 4.31 Å². The van der Waals surface area contributed by atoms with Gasteiger partial charge in [0.15, 0.2) is 0 Å². The quantitative estimate of drug-likeness (QED) is 0.658. The number of carbonyl (C=O) groups excluding carboxylic acids is 1. The van der Waals surface area contributed by atoms with Crippen LogP contribution >= 0.6 is 34.8 Å². The Morgan fingerprint density at radius 3 is 2.18 bits per heavy atom. The number of sulfonamides is 1. The minimum absolute atomic E-state index is 0.0272. The number of benzene rings is 2. The van der Waals surface area contributed by atoms with Gasteiger partial charge in [-0.1, -0.05) is 34.8 Å². The van der Waals surface area contributed by atoms with Crippen LogP contribution in [-0.4, -0.2) is 31.7 Å². The lowest BCUT2D eigenvalue weighted by Gasteiger charge is -2.30. The SMILES string of the molecule is O=C(Nc1cc(Cl)c(Cl)cc1Cl)C1CCN(S(=O)(=O)c2ccc(F)cc2)CC1. The largest absolute Gasteiger partial charge is 0.324 e. The Morgan fingerprint density at radius 2 is 1.57 bits per heavy atom. The fraction of sp³-hybridized carbons (Fsp3) is 0.278. The third-order valence-electron chi connectivity index (χ3n) is 4.54. The standard InChI is InChI=1S/C18H16Cl3FN2O3S/c19-14-9-16(21)17(10-15(14)20)23-18(25)11-5-7-24(8-6-11)28(26,27)13-3-1-12(22)2-4-13/h1-4,9-11H,5-8H2,(H,23,25). The maximum Gasteiger partial charge on any atom is 0.243 e. The van der Waals surface area contributed by atoms with Crippen LogP contribution in [0.4, 0.5) is 10.1 Å². The second kappa shape index (κ2) is 8.55. The molecule has 28 heavy (non-hydrogen) atoms. The minimum atomic E-state index is -3.72. The molecule has 1 saturated heterocycles. The van der Waals surface area contributed by atoms with E-state index >= 15 is 0 Å². The van der Waals surface area contributed by atoms with E-state index in [0.29, 0.717) is 18.5 Å². The van der Waals surface area contributed by atoms with E-state index < -0.39 is 15.8 Å². The maximum atomic E-state index is 13.0. The normalized spacial score (nSPS) is 16.1. The number of amides is 1. The number of piperidine rings is 1. The van der Waals surface area contributed by atoms with E-state index in [4.69, 9.17) is 34.8 Å². The average molecular weight is 466 g/mol. The van der Waals surface area contributed by atoms with Crippen molar-refractivity contribution in [3.05, 3.63) is 57.3 Å². The predicted molar refractivity (Wildman–Crippen MR) is 108 cm³/mol. The van der Waals surface area contributed by atoms with Gasteiger partial charge in [-0.25, -0.2) is 12.8 Å². The molecule has 0 aromatic heterocycles. The van der Waals surface area contributed by atoms with E-state index in [1.165, 1.54) is 28.6 Å². The molecule has 1 heterocycles. The molecule has 1 aliphatic rings. The van der Waals surface area contributed by atoms with Gasteiger partial charge in [0.25, 0.3) is 0 Å². The number of carbonyl (C=O) groups is 1. The summed E-state index contributed by atoms with van der Waals surface area (Å²) in [6.45, 7) is 0.375. The molecule has 2 aromatic rings. The first-order valence-electron chi connectivity index (χ1n) is 8.39. The van der Waals surface area contributed by atoms with Gasteiger partial charge in [-0.3, -0.25) is 4.79 Å². The highest BCUT2D eigenvalue weighted by molar-refractivity contribution is 7.89. The van der Waals surface area contributed by atoms with E-state index in [1.54, 1.807) is 0 Å². The molecule has 150 valence electrons. The summed E-state index contributed by atoms with van der Waals surface area (Å²) >= 11 is 17.9. The highest BCUT2D eigenvalue weighted by Gasteiger charge is 2.32. The minimum Gasteiger partial charge on any atom is -0.324 e. The molecular formula is C18H16Cl3FN2O3S. The van der Waals surface area contributed by atoms with Crippen molar-refractivity contribution in [2.24, 2.45) is 5.92 Å². The van der Waals surface area contributed by atoms with Crippen LogP contribution in [0, 0.1) is 11.7 Å². The van der Waals surface area contributed by atoms with Crippen LogP contribution in [0.1, 0.15) is 12.8 Å². The Morgan fingerprint density at radius 1 is 1.00 bits per heavy atom. The van der Waals surface area contributed by atoms with Crippen molar-refractivity contribution in [2.75, 3.05) is 18.4 Å². The molecule has 1 fully saturated rings. The Balaban J connectivity index is 1.64. The highest BCUT2D eigenvalue weighted by atomic mass is 35.5. The van der Waals surface area contributed by atoms with Gasteiger partial charge in [0.1, 0.15) is 5.82 Å². The Kier molecular flexibility index (Phi) is 6.51. The first-order chi connectivity index (χ1) is 13.2. The van der Waals surface area contributed by atoms with E-state index in [2.05, 4.69) is 5.32 Å². The van der Waals surface area contributed by atoms with E-state index in [-0.39, 0.29) is 44.9 Å². The molecule has 5 nitrogen and oxygen atoms in total. The van der Waals surface area contributed by atoms with Gasteiger partial charge >= 0.3 is 0 Å². The second-order valence-electron chi connectivity index (χ2n) is 6.37. The molecule has 2 aromatic carbocycles. The Hall–Kier alpha value is -1.38. The van der Waals surface area contributed by atoms with E-state index in [9.17, 15) is 17.6 Å². The smallest absolute Gasteiger partial charge is 0.243 e. The third-order valence-corrected chi connectivity index (χ3v) is 7.49. The zero-order valence-electron chi connectivity index (χ0n) is 14.5.